The van der Waals surface area contributed by atoms with E-state index >= 15 is 0 Å². The monoisotopic (exact) mass is 803 g/mol. The third-order valence-electron chi connectivity index (χ3n) is 12.9. The lowest BCUT2D eigenvalue weighted by Crippen LogP contribution is -2.64. The third-order valence-corrected chi connectivity index (χ3v) is 12.9. The molecule has 13 heteroatoms. The number of cyclic esters (lactones) is 1. The number of allylic oxidation sites excluding steroid dienone is 3. The number of aliphatic hydroxyl groups excluding tert-OH is 2. The highest BCUT2D eigenvalue weighted by Crippen LogP contribution is 2.39. The Kier molecular flexibility index (Phi) is 17.2. The number of Topliss-reactive ketones (excluding diaryl/α,β-unsaturated/α-hetero) is 2. The Hall–Kier alpha value is -2.78. The first-order valence-electron chi connectivity index (χ1n) is 20.9. The van der Waals surface area contributed by atoms with E-state index in [0.717, 1.165) is 5.57 Å². The molecule has 0 aromatic heterocycles. The molecule has 1 aliphatic carbocycles. The van der Waals surface area contributed by atoms with Crippen LogP contribution in [0.15, 0.2) is 36.0 Å². The van der Waals surface area contributed by atoms with Crippen molar-refractivity contribution in [3.8, 4) is 0 Å². The van der Waals surface area contributed by atoms with E-state index in [0.29, 0.717) is 56.9 Å². The van der Waals surface area contributed by atoms with Gasteiger partial charge in [-0.05, 0) is 89.5 Å². The summed E-state index contributed by atoms with van der Waals surface area (Å²) in [5.41, 5.74) is 1.62. The van der Waals surface area contributed by atoms with Gasteiger partial charge >= 0.3 is 5.97 Å². The highest BCUT2D eigenvalue weighted by atomic mass is 16.7. The Bertz CT molecular complexity index is 1480. The Labute approximate surface area is 339 Å². The molecule has 0 unspecified atom stereocenters. The molecular formula is C44H69NO12. The van der Waals surface area contributed by atoms with Crippen LogP contribution in [0.4, 0.5) is 0 Å². The lowest BCUT2D eigenvalue weighted by molar-refractivity contribution is -0.302. The van der Waals surface area contributed by atoms with E-state index in [4.69, 9.17) is 23.7 Å². The first kappa shape index (κ1) is 46.9. The maximum absolute atomic E-state index is 14.3. The van der Waals surface area contributed by atoms with Crippen molar-refractivity contribution in [1.82, 2.24) is 4.90 Å². The summed E-state index contributed by atoms with van der Waals surface area (Å²) < 4.78 is 29.9. The third kappa shape index (κ3) is 11.3. The molecule has 3 heterocycles. The SMILES string of the molecule is C=CC[C@@H]1/C=C(\C)C[C@H](C)C[C@H](OC)[C@H]2O[C@@](O)(C(=O)C(=O)N3CCCC[C@H]3C(=O)O[C@@H]([C@@H]3CC[C@@H](O)[C@H](OC)C3)/C(C)=C/[C@H](C)[C@@H](O)CC1=O)[C@H](C)C[C@@H]2OC. The molecule has 1 amide bonds. The predicted molar refractivity (Wildman–Crippen MR) is 213 cm³/mol. The van der Waals surface area contributed by atoms with Gasteiger partial charge in [0.1, 0.15) is 24.0 Å². The van der Waals surface area contributed by atoms with Crippen LogP contribution in [0.3, 0.4) is 0 Å². The summed E-state index contributed by atoms with van der Waals surface area (Å²) in [6, 6.07) is -1.10. The minimum atomic E-state index is -2.51. The van der Waals surface area contributed by atoms with Crippen molar-refractivity contribution in [2.75, 3.05) is 27.9 Å². The van der Waals surface area contributed by atoms with Crippen LogP contribution in [0.25, 0.3) is 0 Å². The molecule has 0 aromatic rings. The first-order valence-corrected chi connectivity index (χ1v) is 20.9. The Morgan fingerprint density at radius 1 is 0.877 bits per heavy atom. The summed E-state index contributed by atoms with van der Waals surface area (Å²) in [5.74, 6) is -7.58. The van der Waals surface area contributed by atoms with Gasteiger partial charge in [0.05, 0.1) is 30.5 Å². The first-order chi connectivity index (χ1) is 27.0. The number of methoxy groups -OCH3 is 3. The highest BCUT2D eigenvalue weighted by molar-refractivity contribution is 6.39. The van der Waals surface area contributed by atoms with Crippen LogP contribution in [0.2, 0.25) is 0 Å². The van der Waals surface area contributed by atoms with E-state index in [1.54, 1.807) is 13.0 Å². The van der Waals surface area contributed by atoms with Gasteiger partial charge in [0, 0.05) is 58.0 Å². The zero-order valence-corrected chi connectivity index (χ0v) is 35.4. The second kappa shape index (κ2) is 21.0. The summed E-state index contributed by atoms with van der Waals surface area (Å²) in [7, 11) is 4.58. The lowest BCUT2D eigenvalue weighted by atomic mass is 9.79. The van der Waals surface area contributed by atoms with Crippen LogP contribution in [0.5, 0.6) is 0 Å². The zero-order valence-electron chi connectivity index (χ0n) is 35.4. The second-order valence-electron chi connectivity index (χ2n) is 17.3. The number of fused-ring (bicyclic) bond motifs is 3. The van der Waals surface area contributed by atoms with Gasteiger partial charge < -0.3 is 43.9 Å². The van der Waals surface area contributed by atoms with Crippen molar-refractivity contribution >= 4 is 23.4 Å². The van der Waals surface area contributed by atoms with Gasteiger partial charge in [-0.1, -0.05) is 44.6 Å². The number of ketones is 2. The molecule has 2 bridgehead atoms. The number of hydrogen-bond acceptors (Lipinski definition) is 12. The van der Waals surface area contributed by atoms with Crippen molar-refractivity contribution in [3.63, 3.8) is 0 Å². The summed E-state index contributed by atoms with van der Waals surface area (Å²) in [6.07, 6.45) is 4.67. The molecular weight excluding hydrogens is 734 g/mol. The quantitative estimate of drug-likeness (QED) is 0.193. The number of rotatable bonds is 6. The van der Waals surface area contributed by atoms with Crippen LogP contribution in [-0.2, 0) is 42.9 Å². The second-order valence-corrected chi connectivity index (χ2v) is 17.3. The van der Waals surface area contributed by atoms with Crippen molar-refractivity contribution in [3.05, 3.63) is 36.0 Å². The summed E-state index contributed by atoms with van der Waals surface area (Å²) in [4.78, 5) is 57.7. The summed E-state index contributed by atoms with van der Waals surface area (Å²) >= 11 is 0. The Balaban J connectivity index is 1.78. The predicted octanol–water partition coefficient (Wildman–Crippen LogP) is 4.64. The maximum atomic E-state index is 14.3. The molecule has 13 nitrogen and oxygen atoms in total. The van der Waals surface area contributed by atoms with Crippen molar-refractivity contribution in [1.29, 1.82) is 0 Å². The minimum absolute atomic E-state index is 0.0107. The average Bonchev–Trinajstić information content (AvgIpc) is 3.18. The van der Waals surface area contributed by atoms with Gasteiger partial charge in [-0.25, -0.2) is 4.79 Å². The number of amides is 1. The van der Waals surface area contributed by atoms with Gasteiger partial charge in [-0.2, -0.15) is 0 Å². The molecule has 3 fully saturated rings. The number of ether oxygens (including phenoxy) is 5. The molecule has 2 saturated heterocycles. The highest BCUT2D eigenvalue weighted by Gasteiger charge is 2.56. The number of nitrogens with zero attached hydrogens (tertiary/aromatic N) is 1. The van der Waals surface area contributed by atoms with E-state index in [9.17, 15) is 34.5 Å². The van der Waals surface area contributed by atoms with Gasteiger partial charge in [0.15, 0.2) is 0 Å². The van der Waals surface area contributed by atoms with Crippen LogP contribution in [0.1, 0.15) is 105 Å². The standard InChI is InChI=1S/C44H69NO12/c1-10-13-30-19-25(2)18-26(3)20-37(54-8)40-38(55-9)22-29(6)44(52,57-40)41(49)42(50)45-17-12-11-14-32(45)43(51)56-39(31-15-16-33(46)36(23-31)53-7)28(5)21-27(4)34(47)24-35(30)48/h10,19,21,26-27,29-34,36-40,46-47,52H,1,11-18,20,22-24H2,2-9H3/b25-19+,28-21+/t26-,27-,29+,30+,31+,32-,33+,34-,36+,37-,38-,39+,40+,44+/m0/s1. The smallest absolute Gasteiger partial charge is 0.329 e. The van der Waals surface area contributed by atoms with Crippen LogP contribution < -0.4 is 0 Å². The molecule has 3 N–H and O–H groups in total. The fourth-order valence-electron chi connectivity index (χ4n) is 9.45. The molecule has 4 rings (SSSR count). The molecule has 322 valence electrons. The van der Waals surface area contributed by atoms with Gasteiger partial charge in [0.2, 0.25) is 5.79 Å². The number of esters is 1. The molecule has 4 aliphatic rings. The van der Waals surface area contributed by atoms with E-state index in [2.05, 4.69) is 6.58 Å². The maximum Gasteiger partial charge on any atom is 0.329 e. The van der Waals surface area contributed by atoms with E-state index in [1.165, 1.54) is 26.2 Å². The molecule has 1 saturated carbocycles. The molecule has 14 atom stereocenters. The van der Waals surface area contributed by atoms with Gasteiger partial charge in [0.25, 0.3) is 11.7 Å². The van der Waals surface area contributed by atoms with Crippen molar-refractivity contribution in [2.45, 2.75) is 160 Å². The minimum Gasteiger partial charge on any atom is -0.456 e. The lowest BCUT2D eigenvalue weighted by Gasteiger charge is -2.47. The summed E-state index contributed by atoms with van der Waals surface area (Å²) in [6.45, 7) is 13.2. The Morgan fingerprint density at radius 3 is 2.19 bits per heavy atom. The number of aliphatic hydroxyl groups is 3. The number of hydrogen-bond donors (Lipinski definition) is 3. The molecule has 0 radical (unpaired) electrons. The van der Waals surface area contributed by atoms with Crippen LogP contribution in [-0.4, -0.2) is 126 Å². The average molecular weight is 804 g/mol. The van der Waals surface area contributed by atoms with Gasteiger partial charge in [-0.15, -0.1) is 6.58 Å². The van der Waals surface area contributed by atoms with E-state index in [-0.39, 0.29) is 43.4 Å². The van der Waals surface area contributed by atoms with E-state index in [1.807, 2.05) is 39.8 Å². The van der Waals surface area contributed by atoms with E-state index < -0.39 is 90.0 Å². The molecule has 0 aromatic carbocycles. The molecule has 3 aliphatic heterocycles. The van der Waals surface area contributed by atoms with Crippen molar-refractivity contribution in [2.24, 2.45) is 29.6 Å². The number of carbonyl (C=O) groups is 4. The normalized spacial score (nSPS) is 41.9. The Morgan fingerprint density at radius 2 is 1.54 bits per heavy atom. The largest absolute Gasteiger partial charge is 0.456 e. The summed E-state index contributed by atoms with van der Waals surface area (Å²) in [5, 5.41) is 34.0. The molecule has 57 heavy (non-hydrogen) atoms. The number of piperidine rings is 1. The molecule has 0 spiro atoms. The fourth-order valence-corrected chi connectivity index (χ4v) is 9.45. The topological polar surface area (TPSA) is 178 Å². The van der Waals surface area contributed by atoms with Crippen molar-refractivity contribution < 1.29 is 58.2 Å². The fraction of sp³-hybridized carbons (Fsp3) is 0.773. The zero-order chi connectivity index (χ0) is 42.2. The van der Waals surface area contributed by atoms with Gasteiger partial charge in [-0.3, -0.25) is 14.4 Å². The van der Waals surface area contributed by atoms with Crippen LogP contribution in [0, 0.1) is 29.6 Å². The van der Waals surface area contributed by atoms with Crippen LogP contribution >= 0.6 is 0 Å². The number of carbonyl (C=O) groups excluding carboxylic acids is 4.